The largest absolute Gasteiger partial charge is 0.435 e. The number of ether oxygens (including phenoxy) is 1. The van der Waals surface area contributed by atoms with E-state index in [9.17, 15) is 8.60 Å². The van der Waals surface area contributed by atoms with E-state index in [1.165, 1.54) is 18.6 Å². The molecule has 1 fully saturated rings. The van der Waals surface area contributed by atoms with Gasteiger partial charge in [-0.2, -0.15) is 0 Å². The van der Waals surface area contributed by atoms with Crippen LogP contribution in [0, 0.1) is 12.7 Å². The van der Waals surface area contributed by atoms with E-state index in [1.54, 1.807) is 18.4 Å². The molecule has 1 saturated heterocycles. The highest BCUT2D eigenvalue weighted by atomic mass is 32.2. The molecule has 2 aromatic heterocycles. The average molecular weight is 490 g/mol. The van der Waals surface area contributed by atoms with Crippen LogP contribution in [-0.2, 0) is 15.8 Å². The molecule has 3 aromatic rings. The number of aryl methyl sites for hydroxylation is 1. The highest BCUT2D eigenvalue weighted by Crippen LogP contribution is 2.31. The van der Waals surface area contributed by atoms with Crippen LogP contribution in [0.15, 0.2) is 29.7 Å². The van der Waals surface area contributed by atoms with E-state index in [0.29, 0.717) is 23.1 Å². The molecule has 1 unspecified atom stereocenters. The third kappa shape index (κ3) is 5.69. The van der Waals surface area contributed by atoms with Crippen molar-refractivity contribution < 1.29 is 18.2 Å². The van der Waals surface area contributed by atoms with E-state index in [-0.39, 0.29) is 17.4 Å². The first kappa shape index (κ1) is 24.0. The number of nitrogens with two attached hydrogens (primary N) is 1. The van der Waals surface area contributed by atoms with E-state index in [1.807, 2.05) is 11.2 Å². The minimum absolute atomic E-state index is 0.0205. The normalized spacial score (nSPS) is 16.3. The summed E-state index contributed by atoms with van der Waals surface area (Å²) >= 11 is 0. The third-order valence-electron chi connectivity index (χ3n) is 5.58. The second-order valence-corrected chi connectivity index (χ2v) is 9.35. The molecule has 0 amide bonds. The molecular formula is C22H28FN7O3S. The van der Waals surface area contributed by atoms with Gasteiger partial charge in [-0.1, -0.05) is 5.16 Å². The second-order valence-electron chi connectivity index (χ2n) is 7.99. The van der Waals surface area contributed by atoms with Crippen LogP contribution in [0.4, 0.5) is 10.2 Å². The summed E-state index contributed by atoms with van der Waals surface area (Å²) in [6, 6.07) is 4.98. The Hall–Kier alpha value is -3.09. The fourth-order valence-corrected chi connectivity index (χ4v) is 4.45. The maximum absolute atomic E-state index is 14.9. The molecule has 34 heavy (non-hydrogen) atoms. The summed E-state index contributed by atoms with van der Waals surface area (Å²) in [5.74, 6) is -0.254. The van der Waals surface area contributed by atoms with Gasteiger partial charge in [0.2, 0.25) is 5.88 Å². The number of nitrogens with zero attached hydrogens (tertiary/aromatic N) is 5. The van der Waals surface area contributed by atoms with Crippen LogP contribution in [0.1, 0.15) is 17.7 Å². The monoisotopic (exact) mass is 489 g/mol. The summed E-state index contributed by atoms with van der Waals surface area (Å²) in [5, 5.41) is 4.40. The highest BCUT2D eigenvalue weighted by Gasteiger charge is 2.18. The summed E-state index contributed by atoms with van der Waals surface area (Å²) < 4.78 is 34.1. The molecule has 0 saturated carbocycles. The number of hydrogen-bond acceptors (Lipinski definition) is 8. The van der Waals surface area contributed by atoms with Gasteiger partial charge in [0, 0.05) is 55.6 Å². The topological polar surface area (TPSA) is 122 Å². The number of fused-ring (bicyclic) bond motifs is 1. The van der Waals surface area contributed by atoms with Gasteiger partial charge in [0.15, 0.2) is 11.6 Å². The number of benzene rings is 1. The molecule has 10 nitrogen and oxygen atoms in total. The van der Waals surface area contributed by atoms with Crippen molar-refractivity contribution >= 4 is 33.9 Å². The van der Waals surface area contributed by atoms with Crippen molar-refractivity contribution in [1.82, 2.24) is 24.2 Å². The van der Waals surface area contributed by atoms with Crippen molar-refractivity contribution in [3.05, 3.63) is 41.6 Å². The van der Waals surface area contributed by atoms with E-state index in [4.69, 9.17) is 15.3 Å². The van der Waals surface area contributed by atoms with Crippen LogP contribution in [0.5, 0.6) is 11.6 Å². The third-order valence-corrected chi connectivity index (χ3v) is 6.68. The molecule has 0 bridgehead atoms. The number of aromatic amines is 1. The molecular weight excluding hydrogens is 461 g/mol. The van der Waals surface area contributed by atoms with Gasteiger partial charge in [0.1, 0.15) is 24.3 Å². The van der Waals surface area contributed by atoms with Gasteiger partial charge in [-0.05, 0) is 31.5 Å². The number of halogens is 1. The smallest absolute Gasteiger partial charge is 0.233 e. The predicted octanol–water partition coefficient (Wildman–Crippen LogP) is 2.43. The number of nitrogen functional groups attached to an aromatic ring is 1. The molecule has 0 radical (unpaired) electrons. The SMILES string of the molecule is Cc1cc2c(F)c(Oc3ncnc(N)c3/C=N/OCCCN3CCN(S(C)=O)CC3)ccc2[nH]1. The van der Waals surface area contributed by atoms with Crippen LogP contribution in [0.2, 0.25) is 0 Å². The van der Waals surface area contributed by atoms with Crippen LogP contribution >= 0.6 is 0 Å². The lowest BCUT2D eigenvalue weighted by molar-refractivity contribution is 0.121. The predicted molar refractivity (Wildman–Crippen MR) is 130 cm³/mol. The lowest BCUT2D eigenvalue weighted by Gasteiger charge is -2.32. The zero-order valence-corrected chi connectivity index (χ0v) is 20.0. The first-order chi connectivity index (χ1) is 16.4. The maximum Gasteiger partial charge on any atom is 0.233 e. The van der Waals surface area contributed by atoms with Gasteiger partial charge < -0.3 is 25.2 Å². The highest BCUT2D eigenvalue weighted by molar-refractivity contribution is 7.81. The molecule has 3 heterocycles. The van der Waals surface area contributed by atoms with E-state index in [0.717, 1.165) is 44.8 Å². The van der Waals surface area contributed by atoms with Gasteiger partial charge in [-0.3, -0.25) is 0 Å². The fraction of sp³-hybridized carbons (Fsp3) is 0.409. The zero-order chi connectivity index (χ0) is 24.1. The molecule has 0 spiro atoms. The van der Waals surface area contributed by atoms with Gasteiger partial charge in [0.05, 0.1) is 17.2 Å². The maximum atomic E-state index is 14.9. The van der Waals surface area contributed by atoms with Crippen molar-refractivity contribution in [2.45, 2.75) is 13.3 Å². The fourth-order valence-electron chi connectivity index (χ4n) is 3.77. The molecule has 4 rings (SSSR count). The molecule has 12 heteroatoms. The first-order valence-electron chi connectivity index (χ1n) is 10.9. The molecule has 0 aliphatic carbocycles. The Morgan fingerprint density at radius 3 is 2.85 bits per heavy atom. The molecule has 3 N–H and O–H groups in total. The minimum atomic E-state index is -0.909. The van der Waals surface area contributed by atoms with Crippen LogP contribution in [0.3, 0.4) is 0 Å². The first-order valence-corrected chi connectivity index (χ1v) is 12.5. The summed E-state index contributed by atoms with van der Waals surface area (Å²) in [7, 11) is -0.909. The number of nitrogens with one attached hydrogen (secondary N) is 1. The number of oxime groups is 1. The Morgan fingerprint density at radius 2 is 2.09 bits per heavy atom. The number of anilines is 1. The van der Waals surface area contributed by atoms with Crippen molar-refractivity contribution in [2.24, 2.45) is 5.16 Å². The molecule has 1 aromatic carbocycles. The van der Waals surface area contributed by atoms with Gasteiger partial charge in [-0.15, -0.1) is 0 Å². The number of rotatable bonds is 9. The Balaban J connectivity index is 1.33. The average Bonchev–Trinajstić information content (AvgIpc) is 3.21. The minimum Gasteiger partial charge on any atom is -0.435 e. The van der Waals surface area contributed by atoms with Crippen molar-refractivity contribution in [3.63, 3.8) is 0 Å². The Kier molecular flexibility index (Phi) is 7.70. The molecule has 1 atom stereocenters. The van der Waals surface area contributed by atoms with Gasteiger partial charge in [-0.25, -0.2) is 22.9 Å². The molecule has 1 aliphatic rings. The Morgan fingerprint density at radius 1 is 1.29 bits per heavy atom. The quantitative estimate of drug-likeness (QED) is 0.269. The van der Waals surface area contributed by atoms with E-state index in [2.05, 4.69) is 25.0 Å². The summed E-state index contributed by atoms with van der Waals surface area (Å²) in [5.41, 5.74) is 7.80. The lowest BCUT2D eigenvalue weighted by Crippen LogP contribution is -2.46. The lowest BCUT2D eigenvalue weighted by atomic mass is 10.2. The summed E-state index contributed by atoms with van der Waals surface area (Å²) in [6.45, 7) is 6.50. The van der Waals surface area contributed by atoms with Crippen molar-refractivity contribution in [3.8, 4) is 11.6 Å². The molecule has 1 aliphatic heterocycles. The van der Waals surface area contributed by atoms with Crippen molar-refractivity contribution in [2.75, 3.05) is 51.3 Å². The van der Waals surface area contributed by atoms with Crippen LogP contribution in [-0.4, -0.2) is 80.2 Å². The van der Waals surface area contributed by atoms with Crippen molar-refractivity contribution in [1.29, 1.82) is 0 Å². The number of hydrogen-bond donors (Lipinski definition) is 2. The number of H-pyrrole nitrogens is 1. The van der Waals surface area contributed by atoms with Gasteiger partial charge >= 0.3 is 0 Å². The van der Waals surface area contributed by atoms with Crippen LogP contribution < -0.4 is 10.5 Å². The molecule has 182 valence electrons. The van der Waals surface area contributed by atoms with E-state index < -0.39 is 16.8 Å². The second kappa shape index (κ2) is 10.9. The Bertz CT molecular complexity index is 1190. The number of piperazine rings is 1. The van der Waals surface area contributed by atoms with Gasteiger partial charge in [0.25, 0.3) is 0 Å². The van der Waals surface area contributed by atoms with E-state index >= 15 is 0 Å². The Labute approximate surface area is 199 Å². The summed E-state index contributed by atoms with van der Waals surface area (Å²) in [4.78, 5) is 18.8. The zero-order valence-electron chi connectivity index (χ0n) is 19.2. The van der Waals surface area contributed by atoms with Crippen LogP contribution in [0.25, 0.3) is 10.9 Å². The summed E-state index contributed by atoms with van der Waals surface area (Å²) in [6.07, 6.45) is 5.11. The number of aromatic nitrogens is 3. The standard InChI is InChI=1S/C22H28FN7O3S/c1-15-12-16-18(28-15)4-5-19(20(16)23)33-22-17(21(24)25-14-26-22)13-27-32-11-3-6-29-7-9-30(10-8-29)34(2)31/h4-5,12-14,28H,3,6-11H2,1-2H3,(H2,24,25,26)/b27-13+.